The molecule has 0 aliphatic heterocycles. The average molecular weight is 773 g/mol. The van der Waals surface area contributed by atoms with Gasteiger partial charge in [0.25, 0.3) is 0 Å². The van der Waals surface area contributed by atoms with Crippen molar-refractivity contribution in [3.05, 3.63) is 217 Å². The van der Waals surface area contributed by atoms with Gasteiger partial charge in [0.1, 0.15) is 0 Å². The van der Waals surface area contributed by atoms with Gasteiger partial charge in [-0.05, 0) is 127 Å². The molecular formula is C58H48N2. The minimum atomic E-state index is 0.305. The summed E-state index contributed by atoms with van der Waals surface area (Å²) in [7, 11) is 0. The van der Waals surface area contributed by atoms with E-state index in [1.807, 2.05) is 0 Å². The summed E-state index contributed by atoms with van der Waals surface area (Å²) in [5.41, 5.74) is 14.4. The smallest absolute Gasteiger partial charge is 0.0543 e. The Morgan fingerprint density at radius 2 is 0.567 bits per heavy atom. The molecule has 0 radical (unpaired) electrons. The molecule has 10 rings (SSSR count). The lowest BCUT2D eigenvalue weighted by atomic mass is 9.84. The molecule has 0 saturated carbocycles. The molecule has 0 fully saturated rings. The highest BCUT2D eigenvalue weighted by Crippen LogP contribution is 2.51. The van der Waals surface area contributed by atoms with Gasteiger partial charge in [-0.2, -0.15) is 0 Å². The summed E-state index contributed by atoms with van der Waals surface area (Å²) < 4.78 is 0. The van der Waals surface area contributed by atoms with Gasteiger partial charge in [0, 0.05) is 33.5 Å². The quantitative estimate of drug-likeness (QED) is 0.128. The van der Waals surface area contributed by atoms with Gasteiger partial charge in [0.2, 0.25) is 0 Å². The largest absolute Gasteiger partial charge is 0.310 e. The van der Waals surface area contributed by atoms with Gasteiger partial charge in [-0.1, -0.05) is 173 Å². The number of para-hydroxylation sites is 2. The summed E-state index contributed by atoms with van der Waals surface area (Å²) in [6.45, 7) is 9.33. The van der Waals surface area contributed by atoms with E-state index >= 15 is 0 Å². The lowest BCUT2D eigenvalue weighted by molar-refractivity contribution is 0.875. The third-order valence-corrected chi connectivity index (χ3v) is 12.1. The Balaban J connectivity index is 1.24. The molecule has 0 amide bonds. The van der Waals surface area contributed by atoms with Gasteiger partial charge >= 0.3 is 0 Å². The zero-order valence-corrected chi connectivity index (χ0v) is 34.7. The van der Waals surface area contributed by atoms with E-state index in [0.29, 0.717) is 11.8 Å². The molecule has 10 aromatic rings. The first-order chi connectivity index (χ1) is 29.4. The Kier molecular flexibility index (Phi) is 9.62. The second kappa shape index (κ2) is 15.5. The van der Waals surface area contributed by atoms with Crippen LogP contribution in [0.15, 0.2) is 206 Å². The fraction of sp³-hybridized carbons (Fsp3) is 0.103. The molecule has 0 atom stereocenters. The predicted octanol–water partition coefficient (Wildman–Crippen LogP) is 17.1. The topological polar surface area (TPSA) is 6.48 Å². The van der Waals surface area contributed by atoms with Crippen molar-refractivity contribution < 1.29 is 0 Å². The first-order valence-corrected chi connectivity index (χ1v) is 21.2. The Morgan fingerprint density at radius 1 is 0.283 bits per heavy atom. The summed E-state index contributed by atoms with van der Waals surface area (Å²) in [5, 5.41) is 7.77. The zero-order chi connectivity index (χ0) is 40.7. The van der Waals surface area contributed by atoms with E-state index in [-0.39, 0.29) is 0 Å². The second-order valence-electron chi connectivity index (χ2n) is 16.5. The molecule has 290 valence electrons. The molecule has 0 saturated heterocycles. The monoisotopic (exact) mass is 772 g/mol. The van der Waals surface area contributed by atoms with Crippen molar-refractivity contribution >= 4 is 66.4 Å². The number of anilines is 6. The van der Waals surface area contributed by atoms with E-state index in [9.17, 15) is 0 Å². The van der Waals surface area contributed by atoms with E-state index in [4.69, 9.17) is 0 Å². The van der Waals surface area contributed by atoms with Crippen LogP contribution >= 0.6 is 0 Å². The van der Waals surface area contributed by atoms with Crippen LogP contribution in [0.2, 0.25) is 0 Å². The van der Waals surface area contributed by atoms with Crippen LogP contribution in [0.1, 0.15) is 50.7 Å². The molecule has 0 aliphatic carbocycles. The average Bonchev–Trinajstić information content (AvgIpc) is 3.30. The van der Waals surface area contributed by atoms with Gasteiger partial charge in [-0.3, -0.25) is 0 Å². The molecule has 0 bridgehead atoms. The summed E-state index contributed by atoms with van der Waals surface area (Å²) in [6, 6.07) is 75.6. The van der Waals surface area contributed by atoms with Crippen LogP contribution in [-0.2, 0) is 0 Å². The maximum atomic E-state index is 2.46. The number of rotatable bonds is 10. The summed E-state index contributed by atoms with van der Waals surface area (Å²) in [4.78, 5) is 4.92. The molecule has 0 unspecified atom stereocenters. The van der Waals surface area contributed by atoms with Crippen molar-refractivity contribution in [3.8, 4) is 22.3 Å². The molecule has 10 aromatic carbocycles. The molecule has 0 spiro atoms. The number of nitrogens with zero attached hydrogens (tertiary/aromatic N) is 2. The van der Waals surface area contributed by atoms with Gasteiger partial charge in [0.05, 0.1) is 11.4 Å². The highest BCUT2D eigenvalue weighted by atomic mass is 15.1. The summed E-state index contributed by atoms with van der Waals surface area (Å²) in [6.07, 6.45) is 0. The number of hydrogen-bond acceptors (Lipinski definition) is 2. The van der Waals surface area contributed by atoms with Gasteiger partial charge in [-0.15, -0.1) is 0 Å². The van der Waals surface area contributed by atoms with E-state index in [0.717, 1.165) is 22.7 Å². The fourth-order valence-corrected chi connectivity index (χ4v) is 9.21. The third kappa shape index (κ3) is 6.55. The molecule has 0 aliphatic rings. The zero-order valence-electron chi connectivity index (χ0n) is 34.7. The fourth-order valence-electron chi connectivity index (χ4n) is 9.21. The molecule has 0 heterocycles. The predicted molar refractivity (Wildman–Crippen MR) is 259 cm³/mol. The van der Waals surface area contributed by atoms with E-state index in [2.05, 4.69) is 244 Å². The van der Waals surface area contributed by atoms with Crippen LogP contribution in [0.25, 0.3) is 54.6 Å². The SMILES string of the molecule is CC(C)c1cc(N(c2ccccc2)c2ccc(-c3ccccc3)cc2)c2ccc3c(C(C)C)cc(N(c4ccccc4)c4ccc(-c5ccccc5)cc4)c4ccc1c2c34. The Morgan fingerprint density at radius 3 is 0.900 bits per heavy atom. The Hall–Kier alpha value is -7.16. The standard InChI is InChI=1S/C58H48N2/c1-39(2)53-37-55(59(45-21-13-7-14-22-45)47-29-25-43(26-30-47)41-17-9-5-10-18-41)51-36-34-50-54(40(3)4)38-56(52-35-33-49(53)57(51)58(50)52)60(46-23-15-8-16-24-46)48-31-27-44(28-32-48)42-19-11-6-12-20-42/h5-40H,1-4H3. The molecule has 2 nitrogen and oxygen atoms in total. The first kappa shape index (κ1) is 37.1. The van der Waals surface area contributed by atoms with E-state index < -0.39 is 0 Å². The molecule has 60 heavy (non-hydrogen) atoms. The maximum absolute atomic E-state index is 2.46. The van der Waals surface area contributed by atoms with Crippen LogP contribution in [0.3, 0.4) is 0 Å². The van der Waals surface area contributed by atoms with Crippen molar-refractivity contribution in [1.82, 2.24) is 0 Å². The minimum absolute atomic E-state index is 0.305. The highest BCUT2D eigenvalue weighted by molar-refractivity contribution is 6.29. The van der Waals surface area contributed by atoms with Crippen molar-refractivity contribution in [2.45, 2.75) is 39.5 Å². The molecular weight excluding hydrogens is 725 g/mol. The van der Waals surface area contributed by atoms with Crippen LogP contribution in [0.5, 0.6) is 0 Å². The second-order valence-corrected chi connectivity index (χ2v) is 16.5. The Bertz CT molecular complexity index is 2830. The van der Waals surface area contributed by atoms with Crippen LogP contribution in [-0.4, -0.2) is 0 Å². The van der Waals surface area contributed by atoms with Crippen molar-refractivity contribution in [1.29, 1.82) is 0 Å². The Labute approximate surface area is 354 Å². The maximum Gasteiger partial charge on any atom is 0.0543 e. The molecule has 2 heteroatoms. The number of hydrogen-bond donors (Lipinski definition) is 0. The van der Waals surface area contributed by atoms with Crippen molar-refractivity contribution in [2.24, 2.45) is 0 Å². The van der Waals surface area contributed by atoms with Gasteiger partial charge in [-0.25, -0.2) is 0 Å². The molecule has 0 N–H and O–H groups in total. The van der Waals surface area contributed by atoms with Crippen LogP contribution in [0, 0.1) is 0 Å². The highest BCUT2D eigenvalue weighted by Gasteiger charge is 2.26. The van der Waals surface area contributed by atoms with Crippen molar-refractivity contribution in [3.63, 3.8) is 0 Å². The normalized spacial score (nSPS) is 11.6. The first-order valence-electron chi connectivity index (χ1n) is 21.2. The van der Waals surface area contributed by atoms with Crippen molar-refractivity contribution in [2.75, 3.05) is 9.80 Å². The lowest BCUT2D eigenvalue weighted by Gasteiger charge is -2.31. The van der Waals surface area contributed by atoms with Gasteiger partial charge in [0.15, 0.2) is 0 Å². The van der Waals surface area contributed by atoms with Crippen LogP contribution < -0.4 is 9.80 Å². The lowest BCUT2D eigenvalue weighted by Crippen LogP contribution is -2.13. The van der Waals surface area contributed by atoms with E-state index in [1.54, 1.807) is 0 Å². The minimum Gasteiger partial charge on any atom is -0.310 e. The van der Waals surface area contributed by atoms with Crippen LogP contribution in [0.4, 0.5) is 34.1 Å². The number of benzene rings is 10. The summed E-state index contributed by atoms with van der Waals surface area (Å²) >= 11 is 0. The van der Waals surface area contributed by atoms with Gasteiger partial charge < -0.3 is 9.80 Å². The summed E-state index contributed by atoms with van der Waals surface area (Å²) in [5.74, 6) is 0.610. The third-order valence-electron chi connectivity index (χ3n) is 12.1. The van der Waals surface area contributed by atoms with E-state index in [1.165, 1.54) is 77.1 Å². The molecule has 0 aromatic heterocycles.